The summed E-state index contributed by atoms with van der Waals surface area (Å²) in [6.07, 6.45) is 0.880. The van der Waals surface area contributed by atoms with E-state index in [-0.39, 0.29) is 12.5 Å². The van der Waals surface area contributed by atoms with Crippen LogP contribution < -0.4 is 9.64 Å². The molecular weight excluding hydrogens is 422 g/mol. The molecule has 3 aromatic rings. The number of hydrogen-bond donors (Lipinski definition) is 0. The van der Waals surface area contributed by atoms with Crippen molar-refractivity contribution in [3.8, 4) is 5.75 Å². The molecule has 1 aliphatic rings. The van der Waals surface area contributed by atoms with Gasteiger partial charge in [-0.25, -0.2) is 4.98 Å². The van der Waals surface area contributed by atoms with Crippen LogP contribution in [0.15, 0.2) is 48.5 Å². The minimum absolute atomic E-state index is 0.00545. The van der Waals surface area contributed by atoms with Gasteiger partial charge in [0.1, 0.15) is 5.75 Å². The van der Waals surface area contributed by atoms with E-state index >= 15 is 0 Å². The van der Waals surface area contributed by atoms with E-state index in [0.717, 1.165) is 54.6 Å². The van der Waals surface area contributed by atoms with Crippen molar-refractivity contribution < 1.29 is 14.3 Å². The van der Waals surface area contributed by atoms with Crippen LogP contribution >= 0.6 is 11.3 Å². The van der Waals surface area contributed by atoms with Gasteiger partial charge in [-0.3, -0.25) is 14.6 Å². The number of anilines is 1. The van der Waals surface area contributed by atoms with Crippen molar-refractivity contribution >= 4 is 32.6 Å². The molecule has 0 N–H and O–H groups in total. The van der Waals surface area contributed by atoms with Crippen LogP contribution in [0.25, 0.3) is 10.2 Å². The number of nitrogens with zero attached hydrogens (tertiary/aromatic N) is 3. The van der Waals surface area contributed by atoms with E-state index in [2.05, 4.69) is 30.9 Å². The molecule has 1 aliphatic heterocycles. The third-order valence-electron chi connectivity index (χ3n) is 5.68. The summed E-state index contributed by atoms with van der Waals surface area (Å²) in [5.41, 5.74) is 2.17. The van der Waals surface area contributed by atoms with Gasteiger partial charge >= 0.3 is 0 Å². The second kappa shape index (κ2) is 10.9. The van der Waals surface area contributed by atoms with E-state index in [1.165, 1.54) is 5.56 Å². The molecule has 0 saturated carbocycles. The smallest absolute Gasteiger partial charge is 0.266 e. The molecule has 1 aromatic heterocycles. The van der Waals surface area contributed by atoms with E-state index in [0.29, 0.717) is 18.2 Å². The Bertz CT molecular complexity index is 980. The van der Waals surface area contributed by atoms with Gasteiger partial charge in [0.2, 0.25) is 0 Å². The SMILES string of the molecule is CC(C)c1ccc(OCC(=O)N(CCCN2CCOCC2)c2nc3ccccc3s2)cc1. The van der Waals surface area contributed by atoms with Gasteiger partial charge in [0.25, 0.3) is 5.91 Å². The lowest BCUT2D eigenvalue weighted by atomic mass is 10.0. The standard InChI is InChI=1S/C25H31N3O3S/c1-19(2)20-8-10-21(11-9-20)31-18-24(29)28(13-5-12-27-14-16-30-17-15-27)25-26-22-6-3-4-7-23(22)32-25/h3-4,6-11,19H,5,12-18H2,1-2H3. The van der Waals surface area contributed by atoms with Gasteiger partial charge < -0.3 is 9.47 Å². The summed E-state index contributed by atoms with van der Waals surface area (Å²) in [4.78, 5) is 22.1. The van der Waals surface area contributed by atoms with Crippen molar-refractivity contribution in [1.29, 1.82) is 0 Å². The Hall–Kier alpha value is -2.48. The lowest BCUT2D eigenvalue weighted by Crippen LogP contribution is -2.40. The zero-order chi connectivity index (χ0) is 22.3. The Balaban J connectivity index is 1.42. The Kier molecular flexibility index (Phi) is 7.73. The monoisotopic (exact) mass is 453 g/mol. The van der Waals surface area contributed by atoms with Gasteiger partial charge in [0.15, 0.2) is 11.7 Å². The summed E-state index contributed by atoms with van der Waals surface area (Å²) < 4.78 is 12.3. The molecule has 7 heteroatoms. The summed E-state index contributed by atoms with van der Waals surface area (Å²) in [5.74, 6) is 1.10. The molecule has 0 unspecified atom stereocenters. The maximum Gasteiger partial charge on any atom is 0.266 e. The van der Waals surface area contributed by atoms with Crippen molar-refractivity contribution in [3.05, 3.63) is 54.1 Å². The summed E-state index contributed by atoms with van der Waals surface area (Å²) in [6.45, 7) is 9.33. The van der Waals surface area contributed by atoms with Gasteiger partial charge in [-0.05, 0) is 42.2 Å². The quantitative estimate of drug-likeness (QED) is 0.476. The first-order valence-electron chi connectivity index (χ1n) is 11.3. The third kappa shape index (κ3) is 5.85. The Morgan fingerprint density at radius 2 is 1.91 bits per heavy atom. The van der Waals surface area contributed by atoms with Crippen LogP contribution in [0.4, 0.5) is 5.13 Å². The molecule has 0 radical (unpaired) electrons. The lowest BCUT2D eigenvalue weighted by Gasteiger charge is -2.27. The maximum atomic E-state index is 13.2. The molecule has 2 aromatic carbocycles. The molecular formula is C25H31N3O3S. The predicted octanol–water partition coefficient (Wildman–Crippen LogP) is 4.55. The summed E-state index contributed by atoms with van der Waals surface area (Å²) in [6, 6.07) is 16.0. The highest BCUT2D eigenvalue weighted by atomic mass is 32.1. The number of hydrogen-bond acceptors (Lipinski definition) is 6. The van der Waals surface area contributed by atoms with Crippen molar-refractivity contribution in [2.24, 2.45) is 0 Å². The molecule has 32 heavy (non-hydrogen) atoms. The molecule has 0 spiro atoms. The van der Waals surface area contributed by atoms with Crippen molar-refractivity contribution in [3.63, 3.8) is 0 Å². The Morgan fingerprint density at radius 1 is 1.16 bits per heavy atom. The van der Waals surface area contributed by atoms with Crippen molar-refractivity contribution in [2.75, 3.05) is 50.9 Å². The molecule has 170 valence electrons. The molecule has 6 nitrogen and oxygen atoms in total. The third-order valence-corrected chi connectivity index (χ3v) is 6.74. The summed E-state index contributed by atoms with van der Waals surface area (Å²) in [7, 11) is 0. The van der Waals surface area contributed by atoms with Crippen LogP contribution in [-0.4, -0.2) is 61.8 Å². The second-order valence-electron chi connectivity index (χ2n) is 8.33. The topological polar surface area (TPSA) is 54.9 Å². The van der Waals surface area contributed by atoms with Gasteiger partial charge in [0, 0.05) is 26.2 Å². The molecule has 1 saturated heterocycles. The number of carbonyl (C=O) groups is 1. The first kappa shape index (κ1) is 22.7. The summed E-state index contributed by atoms with van der Waals surface area (Å²) >= 11 is 1.55. The number of rotatable bonds is 9. The Labute approximate surface area is 193 Å². The van der Waals surface area contributed by atoms with E-state index in [9.17, 15) is 4.79 Å². The summed E-state index contributed by atoms with van der Waals surface area (Å²) in [5, 5.41) is 0.733. The number of benzene rings is 2. The average molecular weight is 454 g/mol. The molecule has 0 aliphatic carbocycles. The Morgan fingerprint density at radius 3 is 2.62 bits per heavy atom. The molecule has 1 amide bonds. The highest BCUT2D eigenvalue weighted by Gasteiger charge is 2.21. The van der Waals surface area contributed by atoms with Gasteiger partial charge in [0.05, 0.1) is 23.4 Å². The van der Waals surface area contributed by atoms with Crippen molar-refractivity contribution in [1.82, 2.24) is 9.88 Å². The number of amides is 1. The van der Waals surface area contributed by atoms with Crippen LogP contribution in [0.5, 0.6) is 5.75 Å². The van der Waals surface area contributed by atoms with E-state index in [1.807, 2.05) is 36.4 Å². The zero-order valence-electron chi connectivity index (χ0n) is 18.8. The van der Waals surface area contributed by atoms with E-state index < -0.39 is 0 Å². The zero-order valence-corrected chi connectivity index (χ0v) is 19.6. The number of thiazole rings is 1. The molecule has 2 heterocycles. The van der Waals surface area contributed by atoms with E-state index in [4.69, 9.17) is 14.5 Å². The number of fused-ring (bicyclic) bond motifs is 1. The minimum Gasteiger partial charge on any atom is -0.484 e. The molecule has 0 bridgehead atoms. The number of para-hydroxylation sites is 1. The first-order valence-corrected chi connectivity index (χ1v) is 12.1. The van der Waals surface area contributed by atoms with Crippen molar-refractivity contribution in [2.45, 2.75) is 26.2 Å². The average Bonchev–Trinajstić information content (AvgIpc) is 3.25. The van der Waals surface area contributed by atoms with Crippen LogP contribution in [0.3, 0.4) is 0 Å². The van der Waals surface area contributed by atoms with Crippen LogP contribution in [-0.2, 0) is 9.53 Å². The maximum absolute atomic E-state index is 13.2. The lowest BCUT2D eigenvalue weighted by molar-refractivity contribution is -0.120. The number of ether oxygens (including phenoxy) is 2. The molecule has 1 fully saturated rings. The van der Waals surface area contributed by atoms with Gasteiger partial charge in [-0.1, -0.05) is 49.4 Å². The highest BCUT2D eigenvalue weighted by molar-refractivity contribution is 7.22. The second-order valence-corrected chi connectivity index (χ2v) is 9.34. The van der Waals surface area contributed by atoms with Crippen LogP contribution in [0.2, 0.25) is 0 Å². The minimum atomic E-state index is -0.0704. The fourth-order valence-corrected chi connectivity index (χ4v) is 4.76. The fraction of sp³-hybridized carbons (Fsp3) is 0.440. The number of morpholine rings is 1. The number of carbonyl (C=O) groups excluding carboxylic acids is 1. The fourth-order valence-electron chi connectivity index (χ4n) is 3.75. The largest absolute Gasteiger partial charge is 0.484 e. The van der Waals surface area contributed by atoms with Crippen LogP contribution in [0.1, 0.15) is 31.7 Å². The highest BCUT2D eigenvalue weighted by Crippen LogP contribution is 2.29. The van der Waals surface area contributed by atoms with Crippen LogP contribution in [0, 0.1) is 0 Å². The van der Waals surface area contributed by atoms with E-state index in [1.54, 1.807) is 16.2 Å². The predicted molar refractivity (Wildman–Crippen MR) is 130 cm³/mol. The number of aromatic nitrogens is 1. The molecule has 0 atom stereocenters. The normalized spacial score (nSPS) is 14.7. The van der Waals surface area contributed by atoms with Gasteiger partial charge in [-0.15, -0.1) is 0 Å². The molecule has 4 rings (SSSR count). The first-order chi connectivity index (χ1) is 15.6. The van der Waals surface area contributed by atoms with Gasteiger partial charge in [-0.2, -0.15) is 0 Å².